The summed E-state index contributed by atoms with van der Waals surface area (Å²) in [4.78, 5) is 41.4. The first-order valence-electron chi connectivity index (χ1n) is 6.66. The van der Waals surface area contributed by atoms with Gasteiger partial charge in [0.1, 0.15) is 10.7 Å². The van der Waals surface area contributed by atoms with Crippen LogP contribution in [0.1, 0.15) is 18.0 Å². The van der Waals surface area contributed by atoms with Gasteiger partial charge in [0.05, 0.1) is 17.6 Å². The molecule has 2 atom stereocenters. The zero-order valence-corrected chi connectivity index (χ0v) is 11.8. The third-order valence-electron chi connectivity index (χ3n) is 3.68. The fraction of sp³-hybridized carbons (Fsp3) is 0.143. The SMILES string of the molecule is NC(=O)O[N+]1(O)C(=O)CC(c2ccc3c(N)cccc3n2)C1=O. The fourth-order valence-electron chi connectivity index (χ4n) is 2.57. The van der Waals surface area contributed by atoms with Gasteiger partial charge < -0.3 is 11.5 Å². The molecular weight excluding hydrogens is 304 g/mol. The minimum Gasteiger partial charge on any atom is -0.398 e. The molecule has 0 radical (unpaired) electrons. The van der Waals surface area contributed by atoms with Crippen LogP contribution in [-0.2, 0) is 14.4 Å². The number of fused-ring (bicyclic) bond motifs is 1. The van der Waals surface area contributed by atoms with Gasteiger partial charge in [-0.15, -0.1) is 0 Å². The second-order valence-corrected chi connectivity index (χ2v) is 5.13. The number of pyridine rings is 1. The quantitative estimate of drug-likeness (QED) is 0.317. The fourth-order valence-corrected chi connectivity index (χ4v) is 2.57. The largest absolute Gasteiger partial charge is 0.465 e. The van der Waals surface area contributed by atoms with Crippen LogP contribution in [-0.4, -0.2) is 32.9 Å². The van der Waals surface area contributed by atoms with E-state index in [2.05, 4.69) is 9.82 Å². The number of hydroxylamine groups is 4. The van der Waals surface area contributed by atoms with Crippen LogP contribution in [0.3, 0.4) is 0 Å². The highest BCUT2D eigenvalue weighted by Gasteiger charge is 2.62. The van der Waals surface area contributed by atoms with E-state index in [1.165, 1.54) is 6.07 Å². The summed E-state index contributed by atoms with van der Waals surface area (Å²) in [5.41, 5.74) is 12.0. The zero-order valence-electron chi connectivity index (χ0n) is 11.8. The molecule has 118 valence electrons. The number of amides is 3. The van der Waals surface area contributed by atoms with Gasteiger partial charge in [0.2, 0.25) is 0 Å². The first-order chi connectivity index (χ1) is 10.8. The van der Waals surface area contributed by atoms with Crippen LogP contribution in [0.4, 0.5) is 10.5 Å². The molecule has 3 amide bonds. The van der Waals surface area contributed by atoms with Gasteiger partial charge in [-0.1, -0.05) is 6.07 Å². The van der Waals surface area contributed by atoms with Gasteiger partial charge in [0, 0.05) is 11.1 Å². The molecule has 9 heteroatoms. The zero-order chi connectivity index (χ0) is 16.8. The van der Waals surface area contributed by atoms with Crippen LogP contribution < -0.4 is 11.5 Å². The molecule has 0 saturated carbocycles. The van der Waals surface area contributed by atoms with Crippen molar-refractivity contribution in [1.29, 1.82) is 0 Å². The molecule has 1 aromatic heterocycles. The molecule has 1 fully saturated rings. The van der Waals surface area contributed by atoms with Crippen LogP contribution in [0.25, 0.3) is 10.9 Å². The van der Waals surface area contributed by atoms with Crippen molar-refractivity contribution in [3.05, 3.63) is 36.0 Å². The number of carbonyl (C=O) groups is 3. The smallest absolute Gasteiger partial charge is 0.398 e. The van der Waals surface area contributed by atoms with Crippen molar-refractivity contribution in [2.75, 3.05) is 5.73 Å². The van der Waals surface area contributed by atoms with E-state index < -0.39 is 28.6 Å². The summed E-state index contributed by atoms with van der Waals surface area (Å²) in [6, 6.07) is 8.33. The lowest BCUT2D eigenvalue weighted by molar-refractivity contribution is -1.12. The van der Waals surface area contributed by atoms with Crippen molar-refractivity contribution in [3.63, 3.8) is 0 Å². The number of quaternary nitrogens is 1. The van der Waals surface area contributed by atoms with E-state index in [4.69, 9.17) is 11.5 Å². The number of aromatic nitrogens is 1. The molecule has 1 aromatic carbocycles. The molecule has 2 heterocycles. The second-order valence-electron chi connectivity index (χ2n) is 5.13. The van der Waals surface area contributed by atoms with Crippen LogP contribution in [0.2, 0.25) is 0 Å². The predicted molar refractivity (Wildman–Crippen MR) is 76.2 cm³/mol. The minimum atomic E-state index is -2.10. The van der Waals surface area contributed by atoms with Gasteiger partial charge in [-0.25, -0.2) is 19.2 Å². The molecule has 2 unspecified atom stereocenters. The number of benzene rings is 1. The lowest BCUT2D eigenvalue weighted by Gasteiger charge is -2.14. The van der Waals surface area contributed by atoms with Gasteiger partial charge in [0.25, 0.3) is 0 Å². The Balaban J connectivity index is 2.01. The van der Waals surface area contributed by atoms with E-state index in [0.29, 0.717) is 16.6 Å². The van der Waals surface area contributed by atoms with Crippen LogP contribution in [0.5, 0.6) is 0 Å². The first-order valence-corrected chi connectivity index (χ1v) is 6.66. The molecule has 1 aliphatic heterocycles. The molecule has 23 heavy (non-hydrogen) atoms. The number of rotatable bonds is 2. The number of imide groups is 1. The third-order valence-corrected chi connectivity index (χ3v) is 3.68. The molecule has 1 saturated heterocycles. The van der Waals surface area contributed by atoms with Gasteiger partial charge in [-0.05, 0) is 24.3 Å². The molecule has 0 spiro atoms. The molecule has 9 nitrogen and oxygen atoms in total. The van der Waals surface area contributed by atoms with Crippen molar-refractivity contribution >= 4 is 34.5 Å². The molecule has 1 aliphatic rings. The Morgan fingerprint density at radius 3 is 2.74 bits per heavy atom. The Kier molecular flexibility index (Phi) is 3.24. The van der Waals surface area contributed by atoms with Crippen LogP contribution in [0.15, 0.2) is 30.3 Å². The van der Waals surface area contributed by atoms with Gasteiger partial charge >= 0.3 is 17.9 Å². The van der Waals surface area contributed by atoms with E-state index in [1.54, 1.807) is 24.3 Å². The summed E-state index contributed by atoms with van der Waals surface area (Å²) in [5, 5.41) is 10.7. The van der Waals surface area contributed by atoms with E-state index in [9.17, 15) is 19.6 Å². The average Bonchev–Trinajstić information content (AvgIpc) is 2.71. The topological polar surface area (TPSA) is 146 Å². The number of nitrogen functional groups attached to an aromatic ring is 1. The lowest BCUT2D eigenvalue weighted by Crippen LogP contribution is -2.52. The lowest BCUT2D eigenvalue weighted by atomic mass is 10.0. The summed E-state index contributed by atoms with van der Waals surface area (Å²) >= 11 is 0. The highest BCUT2D eigenvalue weighted by atomic mass is 17.0. The first kappa shape index (κ1) is 14.9. The number of nitrogens with zero attached hydrogens (tertiary/aromatic N) is 2. The molecule has 2 aromatic rings. The van der Waals surface area contributed by atoms with Crippen molar-refractivity contribution in [3.8, 4) is 0 Å². The maximum Gasteiger partial charge on any atom is 0.465 e. The maximum atomic E-state index is 12.3. The van der Waals surface area contributed by atoms with Crippen molar-refractivity contribution in [2.24, 2.45) is 5.73 Å². The number of anilines is 1. The summed E-state index contributed by atoms with van der Waals surface area (Å²) in [7, 11) is 0. The van der Waals surface area contributed by atoms with E-state index in [0.717, 1.165) is 0 Å². The maximum absolute atomic E-state index is 12.3. The minimum absolute atomic E-state index is 0.267. The molecular formula is C14H13N4O5+. The van der Waals surface area contributed by atoms with Crippen molar-refractivity contribution < 1.29 is 29.2 Å². The normalized spacial score (nSPS) is 24.1. The summed E-state index contributed by atoms with van der Waals surface area (Å²) in [6.45, 7) is 0. The number of primary amides is 1. The Labute approximate surface area is 129 Å². The monoisotopic (exact) mass is 317 g/mol. The van der Waals surface area contributed by atoms with Crippen LogP contribution >= 0.6 is 0 Å². The number of hydrogen-bond donors (Lipinski definition) is 3. The van der Waals surface area contributed by atoms with Gasteiger partial charge in [-0.3, -0.25) is 4.98 Å². The molecule has 3 rings (SSSR count). The summed E-state index contributed by atoms with van der Waals surface area (Å²) in [5.74, 6) is -3.06. The highest BCUT2D eigenvalue weighted by Crippen LogP contribution is 2.34. The molecule has 0 bridgehead atoms. The third kappa shape index (κ3) is 2.28. The van der Waals surface area contributed by atoms with Crippen LogP contribution in [0, 0.1) is 0 Å². The standard InChI is InChI=1S/C14H12N4O5/c15-9-2-1-3-10-7(9)4-5-11(17-10)8-6-12(19)18(22,13(8)20)23-14(16)21/h1-5,8,22H,6H2,(H3-,15,16,17,21)/p+1. The predicted octanol–water partition coefficient (Wildman–Crippen LogP) is 0.574. The summed E-state index contributed by atoms with van der Waals surface area (Å²) < 4.78 is 0. The van der Waals surface area contributed by atoms with Gasteiger partial charge in [0.15, 0.2) is 0 Å². The average molecular weight is 317 g/mol. The number of nitrogens with two attached hydrogens (primary N) is 2. The van der Waals surface area contributed by atoms with E-state index >= 15 is 0 Å². The Hall–Kier alpha value is -3.04. The number of carbonyl (C=O) groups excluding carboxylic acids is 3. The molecule has 5 N–H and O–H groups in total. The Bertz CT molecular complexity index is 852. The summed E-state index contributed by atoms with van der Waals surface area (Å²) in [6.07, 6.45) is -1.79. The van der Waals surface area contributed by atoms with Crippen molar-refractivity contribution in [2.45, 2.75) is 12.3 Å². The highest BCUT2D eigenvalue weighted by molar-refractivity contribution is 5.97. The van der Waals surface area contributed by atoms with E-state index in [1.807, 2.05) is 0 Å². The Morgan fingerprint density at radius 2 is 2.04 bits per heavy atom. The Morgan fingerprint density at radius 1 is 1.30 bits per heavy atom. The van der Waals surface area contributed by atoms with E-state index in [-0.39, 0.29) is 12.1 Å². The van der Waals surface area contributed by atoms with Gasteiger partial charge in [-0.2, -0.15) is 5.21 Å². The molecule has 0 aliphatic carbocycles. The number of hydrogen-bond acceptors (Lipinski definition) is 7. The van der Waals surface area contributed by atoms with Crippen molar-refractivity contribution in [1.82, 2.24) is 4.98 Å². The second kappa shape index (κ2) is 5.00.